The van der Waals surface area contributed by atoms with E-state index in [1.54, 1.807) is 0 Å². The molecule has 0 spiro atoms. The van der Waals surface area contributed by atoms with Gasteiger partial charge >= 0.3 is 0 Å². The van der Waals surface area contributed by atoms with Gasteiger partial charge in [-0.2, -0.15) is 0 Å². The van der Waals surface area contributed by atoms with Crippen LogP contribution >= 0.6 is 0 Å². The fourth-order valence-electron chi connectivity index (χ4n) is 4.83. The smallest absolute Gasteiger partial charge is 0.239 e. The Morgan fingerprint density at radius 3 is 2.67 bits per heavy atom. The predicted octanol–water partition coefficient (Wildman–Crippen LogP) is 1.67. The van der Waals surface area contributed by atoms with Crippen molar-refractivity contribution in [2.75, 3.05) is 19.6 Å². The third kappa shape index (κ3) is 3.61. The van der Waals surface area contributed by atoms with Gasteiger partial charge in [0.05, 0.1) is 12.0 Å². The van der Waals surface area contributed by atoms with E-state index in [4.69, 9.17) is 0 Å². The molecule has 2 saturated carbocycles. The molecule has 2 saturated heterocycles. The summed E-state index contributed by atoms with van der Waals surface area (Å²) in [5.74, 6) is 1.79. The van der Waals surface area contributed by atoms with Crippen LogP contribution in [0.4, 0.5) is 0 Å². The van der Waals surface area contributed by atoms with Crippen LogP contribution in [0.15, 0.2) is 0 Å². The summed E-state index contributed by atoms with van der Waals surface area (Å²) in [6.45, 7) is 2.26. The number of carbonyl (C=O) groups excluding carboxylic acids is 2. The standard InChI is InChI=1S/C19H31N3O2/c23-18(20-11-13-7-8-13)15-5-3-9-22(12-15)19(24)17-10-14-4-1-2-6-16(14)21-17/h13-17,21H,1-12H2,(H,20,23). The molecule has 2 N–H and O–H groups in total. The molecule has 0 aromatic rings. The lowest BCUT2D eigenvalue weighted by molar-refractivity contribution is -0.137. The summed E-state index contributed by atoms with van der Waals surface area (Å²) in [5.41, 5.74) is 0. The second-order valence-corrected chi connectivity index (χ2v) is 8.42. The number of amides is 2. The SMILES string of the molecule is O=C(NCC1CC1)C1CCCN(C(=O)C2CC3CCCCC3N2)C1. The summed E-state index contributed by atoms with van der Waals surface area (Å²) in [5, 5.41) is 6.68. The lowest BCUT2D eigenvalue weighted by Crippen LogP contribution is -2.51. The number of piperidine rings is 1. The van der Waals surface area contributed by atoms with Gasteiger partial charge in [-0.15, -0.1) is 0 Å². The van der Waals surface area contributed by atoms with Gasteiger partial charge in [0.1, 0.15) is 0 Å². The van der Waals surface area contributed by atoms with Crippen molar-refractivity contribution in [2.24, 2.45) is 17.8 Å². The van der Waals surface area contributed by atoms with E-state index >= 15 is 0 Å². The third-order valence-electron chi connectivity index (χ3n) is 6.53. The average molecular weight is 333 g/mol. The Hall–Kier alpha value is -1.10. The third-order valence-corrected chi connectivity index (χ3v) is 6.53. The molecular formula is C19H31N3O2. The summed E-state index contributed by atoms with van der Waals surface area (Å²) in [6, 6.07) is 0.543. The van der Waals surface area contributed by atoms with Crippen molar-refractivity contribution >= 4 is 11.8 Å². The van der Waals surface area contributed by atoms with E-state index < -0.39 is 0 Å². The van der Waals surface area contributed by atoms with E-state index in [1.165, 1.54) is 38.5 Å². The zero-order valence-corrected chi connectivity index (χ0v) is 14.6. The molecule has 0 aromatic carbocycles. The molecule has 4 rings (SSSR count). The van der Waals surface area contributed by atoms with Gasteiger partial charge in [0.15, 0.2) is 0 Å². The minimum Gasteiger partial charge on any atom is -0.356 e. The summed E-state index contributed by atoms with van der Waals surface area (Å²) < 4.78 is 0. The van der Waals surface area contributed by atoms with Crippen LogP contribution in [-0.4, -0.2) is 48.4 Å². The average Bonchev–Trinajstić information content (AvgIpc) is 3.35. The Morgan fingerprint density at radius 1 is 1.04 bits per heavy atom. The molecule has 2 amide bonds. The number of likely N-dealkylation sites (tertiary alicyclic amines) is 1. The normalized spacial score (nSPS) is 36.2. The number of fused-ring (bicyclic) bond motifs is 1. The van der Waals surface area contributed by atoms with E-state index in [1.807, 2.05) is 4.90 Å². The van der Waals surface area contributed by atoms with Crippen LogP contribution in [-0.2, 0) is 9.59 Å². The highest BCUT2D eigenvalue weighted by molar-refractivity contribution is 5.84. The quantitative estimate of drug-likeness (QED) is 0.823. The lowest BCUT2D eigenvalue weighted by atomic mass is 9.85. The molecule has 24 heavy (non-hydrogen) atoms. The number of hydrogen-bond donors (Lipinski definition) is 2. The first-order chi connectivity index (χ1) is 11.7. The Bertz CT molecular complexity index is 477. The second-order valence-electron chi connectivity index (χ2n) is 8.42. The number of rotatable bonds is 4. The van der Waals surface area contributed by atoms with E-state index in [0.29, 0.717) is 24.4 Å². The monoisotopic (exact) mass is 333 g/mol. The first kappa shape index (κ1) is 16.4. The molecule has 4 aliphatic rings. The van der Waals surface area contributed by atoms with Crippen LogP contribution < -0.4 is 10.6 Å². The summed E-state index contributed by atoms with van der Waals surface area (Å²) >= 11 is 0. The van der Waals surface area contributed by atoms with Gasteiger partial charge in [0.2, 0.25) is 11.8 Å². The van der Waals surface area contributed by atoms with Crippen molar-refractivity contribution in [3.05, 3.63) is 0 Å². The molecule has 4 fully saturated rings. The number of nitrogens with one attached hydrogen (secondary N) is 2. The largest absolute Gasteiger partial charge is 0.356 e. The number of nitrogens with zero attached hydrogens (tertiary/aromatic N) is 1. The molecule has 2 heterocycles. The highest BCUT2D eigenvalue weighted by Crippen LogP contribution is 2.34. The highest BCUT2D eigenvalue weighted by Gasteiger charge is 2.41. The first-order valence-electron chi connectivity index (χ1n) is 10.0. The zero-order valence-electron chi connectivity index (χ0n) is 14.6. The molecule has 0 bridgehead atoms. The minimum atomic E-state index is -0.00914. The lowest BCUT2D eigenvalue weighted by Gasteiger charge is -2.33. The molecule has 134 valence electrons. The van der Waals surface area contributed by atoms with Gasteiger partial charge in [-0.3, -0.25) is 9.59 Å². The molecule has 4 unspecified atom stereocenters. The zero-order chi connectivity index (χ0) is 16.5. The Kier molecular flexibility index (Phi) is 4.79. The Balaban J connectivity index is 1.30. The summed E-state index contributed by atoms with van der Waals surface area (Å²) in [6.07, 6.45) is 10.5. The maximum atomic E-state index is 12.9. The molecule has 5 nitrogen and oxygen atoms in total. The van der Waals surface area contributed by atoms with Gasteiger partial charge in [-0.25, -0.2) is 0 Å². The van der Waals surface area contributed by atoms with Gasteiger partial charge in [0.25, 0.3) is 0 Å². The number of hydrogen-bond acceptors (Lipinski definition) is 3. The van der Waals surface area contributed by atoms with Gasteiger partial charge in [-0.1, -0.05) is 12.8 Å². The Labute approximate surface area is 144 Å². The van der Waals surface area contributed by atoms with Crippen LogP contribution in [0.25, 0.3) is 0 Å². The number of carbonyl (C=O) groups is 2. The maximum Gasteiger partial charge on any atom is 0.239 e. The van der Waals surface area contributed by atoms with Crippen LogP contribution in [0.1, 0.15) is 57.8 Å². The van der Waals surface area contributed by atoms with Crippen molar-refractivity contribution in [3.63, 3.8) is 0 Å². The molecule has 2 aliphatic carbocycles. The van der Waals surface area contributed by atoms with Crippen molar-refractivity contribution in [1.29, 1.82) is 0 Å². The molecule has 0 aromatic heterocycles. The molecule has 5 heteroatoms. The van der Waals surface area contributed by atoms with Crippen molar-refractivity contribution in [3.8, 4) is 0 Å². The molecule has 2 aliphatic heterocycles. The van der Waals surface area contributed by atoms with Gasteiger partial charge in [0, 0.05) is 25.7 Å². The minimum absolute atomic E-state index is 0.00799. The highest BCUT2D eigenvalue weighted by atomic mass is 16.2. The second kappa shape index (κ2) is 7.03. The predicted molar refractivity (Wildman–Crippen MR) is 92.3 cm³/mol. The van der Waals surface area contributed by atoms with E-state index in [-0.39, 0.29) is 23.8 Å². The van der Waals surface area contributed by atoms with Crippen molar-refractivity contribution in [1.82, 2.24) is 15.5 Å². The maximum absolute atomic E-state index is 12.9. The van der Waals surface area contributed by atoms with Gasteiger partial charge < -0.3 is 15.5 Å². The molecule has 4 atom stereocenters. The fourth-order valence-corrected chi connectivity index (χ4v) is 4.83. The molecule has 0 radical (unpaired) electrons. The molecular weight excluding hydrogens is 302 g/mol. The van der Waals surface area contributed by atoms with E-state index in [2.05, 4.69) is 10.6 Å². The van der Waals surface area contributed by atoms with Gasteiger partial charge in [-0.05, 0) is 56.8 Å². The summed E-state index contributed by atoms with van der Waals surface area (Å²) in [4.78, 5) is 27.2. The van der Waals surface area contributed by atoms with Crippen molar-refractivity contribution in [2.45, 2.75) is 69.9 Å². The van der Waals surface area contributed by atoms with Crippen LogP contribution in [0.3, 0.4) is 0 Å². The topological polar surface area (TPSA) is 61.4 Å². The first-order valence-corrected chi connectivity index (χ1v) is 10.0. The van der Waals surface area contributed by atoms with Crippen LogP contribution in [0.5, 0.6) is 0 Å². The van der Waals surface area contributed by atoms with Crippen LogP contribution in [0, 0.1) is 17.8 Å². The van der Waals surface area contributed by atoms with E-state index in [9.17, 15) is 9.59 Å². The van der Waals surface area contributed by atoms with Crippen LogP contribution in [0.2, 0.25) is 0 Å². The van der Waals surface area contributed by atoms with Crippen molar-refractivity contribution < 1.29 is 9.59 Å². The summed E-state index contributed by atoms with van der Waals surface area (Å²) in [7, 11) is 0. The fraction of sp³-hybridized carbons (Fsp3) is 0.895. The Morgan fingerprint density at radius 2 is 1.88 bits per heavy atom. The van der Waals surface area contributed by atoms with E-state index in [0.717, 1.165) is 32.4 Å².